The second-order valence-corrected chi connectivity index (χ2v) is 8.88. The Balaban J connectivity index is 1.27. The van der Waals surface area contributed by atoms with E-state index in [0.29, 0.717) is 23.8 Å². The molecule has 3 unspecified atom stereocenters. The highest BCUT2D eigenvalue weighted by atomic mass is 32.1. The first kappa shape index (κ1) is 16.5. The third-order valence-electron chi connectivity index (χ3n) is 6.21. The van der Waals surface area contributed by atoms with Crippen LogP contribution in [0.5, 0.6) is 0 Å². The highest BCUT2D eigenvalue weighted by molar-refractivity contribution is 7.09. The number of carbonyl (C=O) groups is 1. The van der Waals surface area contributed by atoms with Crippen molar-refractivity contribution in [2.24, 2.45) is 23.5 Å². The summed E-state index contributed by atoms with van der Waals surface area (Å²) in [6.07, 6.45) is 4.33. The maximum absolute atomic E-state index is 12.9. The first-order chi connectivity index (χ1) is 11.6. The molecule has 3 fully saturated rings. The summed E-state index contributed by atoms with van der Waals surface area (Å²) in [4.78, 5) is 22.0. The summed E-state index contributed by atoms with van der Waals surface area (Å²) in [5.41, 5.74) is 7.37. The Hall–Kier alpha value is -0.980. The third kappa shape index (κ3) is 3.24. The Morgan fingerprint density at radius 1 is 1.29 bits per heavy atom. The van der Waals surface area contributed by atoms with Crippen LogP contribution in [0.25, 0.3) is 0 Å². The first-order valence-electron chi connectivity index (χ1n) is 9.28. The minimum absolute atomic E-state index is 0.216. The molecule has 1 aromatic heterocycles. The van der Waals surface area contributed by atoms with Crippen LogP contribution in [0, 0.1) is 24.7 Å². The normalized spacial score (nSPS) is 31.6. The molecule has 2 N–H and O–H groups in total. The highest BCUT2D eigenvalue weighted by Gasteiger charge is 2.43. The number of aryl methyl sites for hydroxylation is 1. The summed E-state index contributed by atoms with van der Waals surface area (Å²) in [5, 5.41) is 3.28. The van der Waals surface area contributed by atoms with Crippen molar-refractivity contribution in [1.82, 2.24) is 14.8 Å². The average Bonchev–Trinajstić information content (AvgIpc) is 3.26. The Labute approximate surface area is 148 Å². The van der Waals surface area contributed by atoms with E-state index in [4.69, 9.17) is 5.73 Å². The molecule has 6 heteroatoms. The fraction of sp³-hybridized carbons (Fsp3) is 0.778. The van der Waals surface area contributed by atoms with Gasteiger partial charge in [-0.2, -0.15) is 0 Å². The van der Waals surface area contributed by atoms with Gasteiger partial charge >= 0.3 is 0 Å². The van der Waals surface area contributed by atoms with Gasteiger partial charge in [-0.1, -0.05) is 0 Å². The van der Waals surface area contributed by atoms with Crippen LogP contribution < -0.4 is 5.73 Å². The number of likely N-dealkylation sites (tertiary alicyclic amines) is 2. The fourth-order valence-electron chi connectivity index (χ4n) is 4.79. The monoisotopic (exact) mass is 348 g/mol. The molecule has 24 heavy (non-hydrogen) atoms. The number of carbonyl (C=O) groups excluding carboxylic acids is 1. The maximum Gasteiger partial charge on any atom is 0.225 e. The van der Waals surface area contributed by atoms with Gasteiger partial charge in [0.2, 0.25) is 5.91 Å². The van der Waals surface area contributed by atoms with Crippen molar-refractivity contribution < 1.29 is 4.79 Å². The number of amides is 1. The molecule has 5 nitrogen and oxygen atoms in total. The molecular formula is C18H28N4OS. The number of hydrogen-bond acceptors (Lipinski definition) is 5. The average molecular weight is 349 g/mol. The van der Waals surface area contributed by atoms with E-state index in [1.807, 2.05) is 0 Å². The van der Waals surface area contributed by atoms with Gasteiger partial charge in [0, 0.05) is 37.0 Å². The maximum atomic E-state index is 12.9. The lowest BCUT2D eigenvalue weighted by Gasteiger charge is -2.33. The zero-order chi connectivity index (χ0) is 16.7. The lowest BCUT2D eigenvalue weighted by atomic mass is 9.95. The molecule has 3 atom stereocenters. The SMILES string of the molecule is Cc1nc(CN2CCC(C(=O)N3CC4CCC(N)C4C3)CC2)cs1. The van der Waals surface area contributed by atoms with Gasteiger partial charge in [-0.25, -0.2) is 4.98 Å². The Bertz CT molecular complexity index is 596. The van der Waals surface area contributed by atoms with E-state index in [0.717, 1.165) is 57.0 Å². The molecule has 3 heterocycles. The fourth-order valence-corrected chi connectivity index (χ4v) is 5.40. The van der Waals surface area contributed by atoms with E-state index < -0.39 is 0 Å². The van der Waals surface area contributed by atoms with Crippen LogP contribution in [0.4, 0.5) is 0 Å². The van der Waals surface area contributed by atoms with Gasteiger partial charge in [-0.15, -0.1) is 11.3 Å². The van der Waals surface area contributed by atoms with Gasteiger partial charge in [0.15, 0.2) is 0 Å². The molecular weight excluding hydrogens is 320 g/mol. The van der Waals surface area contributed by atoms with Crippen molar-refractivity contribution in [3.8, 4) is 0 Å². The summed E-state index contributed by atoms with van der Waals surface area (Å²) in [6.45, 7) is 6.85. The third-order valence-corrected chi connectivity index (χ3v) is 7.04. The van der Waals surface area contributed by atoms with Crippen molar-refractivity contribution in [2.45, 2.75) is 45.2 Å². The summed E-state index contributed by atoms with van der Waals surface area (Å²) in [5.74, 6) is 1.83. The van der Waals surface area contributed by atoms with Crippen LogP contribution >= 0.6 is 11.3 Å². The van der Waals surface area contributed by atoms with Gasteiger partial charge < -0.3 is 10.6 Å². The van der Waals surface area contributed by atoms with E-state index in [9.17, 15) is 4.79 Å². The largest absolute Gasteiger partial charge is 0.342 e. The number of nitrogens with zero attached hydrogens (tertiary/aromatic N) is 3. The number of aromatic nitrogens is 1. The standard InChI is InChI=1S/C18H28N4OS/c1-12-20-15(11-24-12)9-21-6-4-13(5-7-21)18(23)22-8-14-2-3-17(19)16(14)10-22/h11,13-14,16-17H,2-10,19H2,1H3. The lowest BCUT2D eigenvalue weighted by Crippen LogP contribution is -2.42. The van der Waals surface area contributed by atoms with Crippen LogP contribution in [-0.2, 0) is 11.3 Å². The number of nitrogens with two attached hydrogens (primary N) is 1. The molecule has 0 aromatic carbocycles. The van der Waals surface area contributed by atoms with Crippen LogP contribution in [0.15, 0.2) is 5.38 Å². The smallest absolute Gasteiger partial charge is 0.225 e. The van der Waals surface area contributed by atoms with Crippen molar-refractivity contribution >= 4 is 17.2 Å². The molecule has 132 valence electrons. The van der Waals surface area contributed by atoms with Crippen LogP contribution in [-0.4, -0.2) is 52.9 Å². The number of piperidine rings is 1. The van der Waals surface area contributed by atoms with Gasteiger partial charge in [-0.3, -0.25) is 9.69 Å². The molecule has 1 saturated carbocycles. The molecule has 2 saturated heterocycles. The Morgan fingerprint density at radius 3 is 2.75 bits per heavy atom. The lowest BCUT2D eigenvalue weighted by molar-refractivity contribution is -0.136. The molecule has 0 spiro atoms. The molecule has 4 rings (SSSR count). The van der Waals surface area contributed by atoms with Crippen molar-refractivity contribution in [2.75, 3.05) is 26.2 Å². The Kier molecular flexibility index (Phi) is 4.62. The second-order valence-electron chi connectivity index (χ2n) is 7.82. The van der Waals surface area contributed by atoms with E-state index >= 15 is 0 Å². The minimum atomic E-state index is 0.216. The number of rotatable bonds is 3. The summed E-state index contributed by atoms with van der Waals surface area (Å²) in [6, 6.07) is 0.316. The van der Waals surface area contributed by atoms with Gasteiger partial charge in [-0.05, 0) is 57.5 Å². The molecule has 2 aliphatic heterocycles. The molecule has 1 aromatic rings. The molecule has 3 aliphatic rings. The number of hydrogen-bond donors (Lipinski definition) is 1. The zero-order valence-corrected chi connectivity index (χ0v) is 15.3. The van der Waals surface area contributed by atoms with Crippen molar-refractivity contribution in [3.63, 3.8) is 0 Å². The molecule has 1 amide bonds. The van der Waals surface area contributed by atoms with E-state index in [2.05, 4.69) is 27.1 Å². The van der Waals surface area contributed by atoms with Crippen LogP contribution in [0.3, 0.4) is 0 Å². The van der Waals surface area contributed by atoms with E-state index in [-0.39, 0.29) is 5.92 Å². The summed E-state index contributed by atoms with van der Waals surface area (Å²) < 4.78 is 0. The quantitative estimate of drug-likeness (QED) is 0.906. The van der Waals surface area contributed by atoms with Gasteiger partial charge in [0.25, 0.3) is 0 Å². The molecule has 0 radical (unpaired) electrons. The Morgan fingerprint density at radius 2 is 2.08 bits per heavy atom. The van der Waals surface area contributed by atoms with E-state index in [1.54, 1.807) is 11.3 Å². The summed E-state index contributed by atoms with van der Waals surface area (Å²) in [7, 11) is 0. The minimum Gasteiger partial charge on any atom is -0.342 e. The van der Waals surface area contributed by atoms with E-state index in [1.165, 1.54) is 12.1 Å². The van der Waals surface area contributed by atoms with Crippen molar-refractivity contribution in [3.05, 3.63) is 16.1 Å². The topological polar surface area (TPSA) is 62.5 Å². The molecule has 1 aliphatic carbocycles. The number of thiazole rings is 1. The number of fused-ring (bicyclic) bond motifs is 1. The summed E-state index contributed by atoms with van der Waals surface area (Å²) >= 11 is 1.71. The highest BCUT2D eigenvalue weighted by Crippen LogP contribution is 2.38. The van der Waals surface area contributed by atoms with Gasteiger partial charge in [0.1, 0.15) is 0 Å². The first-order valence-corrected chi connectivity index (χ1v) is 10.2. The second kappa shape index (κ2) is 6.73. The van der Waals surface area contributed by atoms with Crippen molar-refractivity contribution in [1.29, 1.82) is 0 Å². The predicted molar refractivity (Wildman–Crippen MR) is 95.6 cm³/mol. The van der Waals surface area contributed by atoms with Gasteiger partial charge in [0.05, 0.1) is 10.7 Å². The van der Waals surface area contributed by atoms with Crippen LogP contribution in [0.2, 0.25) is 0 Å². The molecule has 0 bridgehead atoms. The van der Waals surface area contributed by atoms with Crippen LogP contribution in [0.1, 0.15) is 36.4 Å². The zero-order valence-electron chi connectivity index (χ0n) is 14.5. The predicted octanol–water partition coefficient (Wildman–Crippen LogP) is 1.86.